The Balaban J connectivity index is 2.27. The van der Waals surface area contributed by atoms with Crippen LogP contribution in [-0.2, 0) is 16.1 Å². The number of nitrogens with zero attached hydrogens (tertiary/aromatic N) is 3. The molecule has 0 aliphatic heterocycles. The van der Waals surface area contributed by atoms with Crippen LogP contribution in [0.1, 0.15) is 26.2 Å². The topological polar surface area (TPSA) is 57.0 Å². The summed E-state index contributed by atoms with van der Waals surface area (Å²) in [4.78, 5) is 10.8. The Hall–Kier alpha value is -0.880. The Bertz CT molecular complexity index is 341. The Morgan fingerprint density at radius 2 is 2.35 bits per heavy atom. The van der Waals surface area contributed by atoms with Crippen LogP contribution in [0.5, 0.6) is 0 Å². The molecule has 0 N–H and O–H groups in total. The van der Waals surface area contributed by atoms with E-state index in [2.05, 4.69) is 10.2 Å². The molecule has 0 aromatic carbocycles. The highest BCUT2D eigenvalue weighted by Gasteiger charge is 2.04. The summed E-state index contributed by atoms with van der Waals surface area (Å²) < 4.78 is 7.03. The lowest BCUT2D eigenvalue weighted by Crippen LogP contribution is -2.02. The number of Topliss-reactive ketones (excluding diaryl/α,β-unsaturated/α-hetero) is 1. The van der Waals surface area contributed by atoms with Gasteiger partial charge in [-0.2, -0.15) is 0 Å². The van der Waals surface area contributed by atoms with Gasteiger partial charge in [-0.25, -0.2) is 0 Å². The van der Waals surface area contributed by atoms with Gasteiger partial charge in [0, 0.05) is 32.4 Å². The van der Waals surface area contributed by atoms with Crippen molar-refractivity contribution in [1.29, 1.82) is 0 Å². The molecule has 0 radical (unpaired) electrons. The van der Waals surface area contributed by atoms with E-state index in [9.17, 15) is 4.79 Å². The second-order valence-electron chi connectivity index (χ2n) is 3.81. The number of thioether (sulfide) groups is 1. The summed E-state index contributed by atoms with van der Waals surface area (Å²) in [6.07, 6.45) is 4.23. The first-order chi connectivity index (χ1) is 8.24. The molecule has 0 aliphatic rings. The molecule has 6 heteroatoms. The summed E-state index contributed by atoms with van der Waals surface area (Å²) in [6, 6.07) is 0. The minimum Gasteiger partial charge on any atom is -0.385 e. The molecule has 0 saturated heterocycles. The monoisotopic (exact) mass is 257 g/mol. The van der Waals surface area contributed by atoms with Gasteiger partial charge in [0.05, 0.1) is 0 Å². The van der Waals surface area contributed by atoms with Crippen LogP contribution in [0.4, 0.5) is 0 Å². The number of methoxy groups -OCH3 is 1. The summed E-state index contributed by atoms with van der Waals surface area (Å²) in [5.41, 5.74) is 0. The molecule has 1 aromatic rings. The van der Waals surface area contributed by atoms with E-state index >= 15 is 0 Å². The van der Waals surface area contributed by atoms with Crippen molar-refractivity contribution in [2.24, 2.45) is 0 Å². The minimum atomic E-state index is 0.243. The molecule has 5 nitrogen and oxygen atoms in total. The third-order valence-corrected chi connectivity index (χ3v) is 3.30. The number of hydrogen-bond acceptors (Lipinski definition) is 5. The maximum Gasteiger partial charge on any atom is 0.190 e. The largest absolute Gasteiger partial charge is 0.385 e. The van der Waals surface area contributed by atoms with Gasteiger partial charge in [0.2, 0.25) is 0 Å². The van der Waals surface area contributed by atoms with Crippen molar-refractivity contribution in [3.05, 3.63) is 6.33 Å². The molecule has 1 aromatic heterocycles. The predicted molar refractivity (Wildman–Crippen MR) is 67.2 cm³/mol. The number of ether oxygens (including phenoxy) is 1. The van der Waals surface area contributed by atoms with Gasteiger partial charge in [-0.3, -0.25) is 0 Å². The van der Waals surface area contributed by atoms with Crippen LogP contribution in [-0.4, -0.2) is 40.0 Å². The van der Waals surface area contributed by atoms with Gasteiger partial charge in [-0.1, -0.05) is 11.8 Å². The third kappa shape index (κ3) is 5.83. The molecule has 0 fully saturated rings. The molecule has 17 heavy (non-hydrogen) atoms. The number of hydrogen-bond donors (Lipinski definition) is 0. The molecule has 0 aliphatic carbocycles. The first kappa shape index (κ1) is 14.2. The molecule has 0 spiro atoms. The molecule has 0 unspecified atom stereocenters. The first-order valence-corrected chi connectivity index (χ1v) is 6.71. The summed E-state index contributed by atoms with van der Waals surface area (Å²) in [5, 5.41) is 8.88. The van der Waals surface area contributed by atoms with E-state index in [1.165, 1.54) is 0 Å². The van der Waals surface area contributed by atoms with Crippen LogP contribution in [0.25, 0.3) is 0 Å². The Morgan fingerprint density at radius 3 is 3.06 bits per heavy atom. The van der Waals surface area contributed by atoms with Crippen LogP contribution >= 0.6 is 11.8 Å². The van der Waals surface area contributed by atoms with Gasteiger partial charge in [-0.15, -0.1) is 10.2 Å². The number of ketones is 1. The quantitative estimate of drug-likeness (QED) is 0.498. The van der Waals surface area contributed by atoms with Crippen LogP contribution in [0.15, 0.2) is 11.5 Å². The Morgan fingerprint density at radius 1 is 1.53 bits per heavy atom. The highest BCUT2D eigenvalue weighted by molar-refractivity contribution is 7.99. The number of rotatable bonds is 9. The number of carbonyl (C=O) groups is 1. The summed E-state index contributed by atoms with van der Waals surface area (Å²) >= 11 is 1.65. The van der Waals surface area contributed by atoms with Crippen LogP contribution in [0.3, 0.4) is 0 Å². The fraction of sp³-hybridized carbons (Fsp3) is 0.727. The van der Waals surface area contributed by atoms with Crippen molar-refractivity contribution >= 4 is 17.5 Å². The van der Waals surface area contributed by atoms with Crippen LogP contribution in [0.2, 0.25) is 0 Å². The standard InChI is InChI=1S/C11H19N3O2S/c1-10(15)5-3-8-17-11-13-12-9-14(11)6-4-7-16-2/h9H,3-8H2,1-2H3. The van der Waals surface area contributed by atoms with Crippen LogP contribution < -0.4 is 0 Å². The fourth-order valence-corrected chi connectivity index (χ4v) is 2.25. The van der Waals surface area contributed by atoms with Crippen molar-refractivity contribution < 1.29 is 9.53 Å². The summed E-state index contributed by atoms with van der Waals surface area (Å²) in [6.45, 7) is 3.24. The maximum absolute atomic E-state index is 10.8. The van der Waals surface area contributed by atoms with Crippen molar-refractivity contribution in [2.75, 3.05) is 19.5 Å². The second-order valence-corrected chi connectivity index (χ2v) is 4.87. The van der Waals surface area contributed by atoms with E-state index in [0.717, 1.165) is 36.9 Å². The van der Waals surface area contributed by atoms with Gasteiger partial charge < -0.3 is 14.1 Å². The zero-order chi connectivity index (χ0) is 12.5. The molecule has 1 heterocycles. The molecule has 0 amide bonds. The lowest BCUT2D eigenvalue weighted by Gasteiger charge is -2.05. The van der Waals surface area contributed by atoms with E-state index < -0.39 is 0 Å². The molecule has 0 saturated carbocycles. The maximum atomic E-state index is 10.8. The van der Waals surface area contributed by atoms with Crippen LogP contribution in [0, 0.1) is 0 Å². The van der Waals surface area contributed by atoms with Gasteiger partial charge in [-0.05, 0) is 19.8 Å². The van der Waals surface area contributed by atoms with Gasteiger partial charge in [0.1, 0.15) is 12.1 Å². The van der Waals surface area contributed by atoms with E-state index in [1.807, 2.05) is 4.57 Å². The van der Waals surface area contributed by atoms with Crippen molar-refractivity contribution in [1.82, 2.24) is 14.8 Å². The lowest BCUT2D eigenvalue weighted by atomic mass is 10.3. The average Bonchev–Trinajstić information content (AvgIpc) is 2.72. The molecule has 0 atom stereocenters. The Kier molecular flexibility index (Phi) is 6.88. The van der Waals surface area contributed by atoms with Crippen molar-refractivity contribution in [3.8, 4) is 0 Å². The SMILES string of the molecule is COCCCn1cnnc1SCCCC(C)=O. The molecular formula is C11H19N3O2S. The second kappa shape index (κ2) is 8.25. The fourth-order valence-electron chi connectivity index (χ4n) is 1.37. The highest BCUT2D eigenvalue weighted by atomic mass is 32.2. The molecule has 96 valence electrons. The van der Waals surface area contributed by atoms with Gasteiger partial charge >= 0.3 is 0 Å². The van der Waals surface area contributed by atoms with E-state index in [-0.39, 0.29) is 5.78 Å². The highest BCUT2D eigenvalue weighted by Crippen LogP contribution is 2.16. The van der Waals surface area contributed by atoms with Gasteiger partial charge in [0.25, 0.3) is 0 Å². The zero-order valence-electron chi connectivity index (χ0n) is 10.4. The number of carbonyl (C=O) groups excluding carboxylic acids is 1. The summed E-state index contributed by atoms with van der Waals surface area (Å²) in [5.74, 6) is 1.15. The van der Waals surface area contributed by atoms with E-state index in [1.54, 1.807) is 32.1 Å². The average molecular weight is 257 g/mol. The van der Waals surface area contributed by atoms with Crippen molar-refractivity contribution in [2.45, 2.75) is 37.9 Å². The van der Waals surface area contributed by atoms with Crippen molar-refractivity contribution in [3.63, 3.8) is 0 Å². The minimum absolute atomic E-state index is 0.243. The van der Waals surface area contributed by atoms with E-state index in [4.69, 9.17) is 4.74 Å². The van der Waals surface area contributed by atoms with Gasteiger partial charge in [0.15, 0.2) is 5.16 Å². The summed E-state index contributed by atoms with van der Waals surface area (Å²) in [7, 11) is 1.70. The normalized spacial score (nSPS) is 10.7. The molecular weight excluding hydrogens is 238 g/mol. The zero-order valence-corrected chi connectivity index (χ0v) is 11.2. The number of aryl methyl sites for hydroxylation is 1. The Labute approximate surface area is 106 Å². The smallest absolute Gasteiger partial charge is 0.190 e. The first-order valence-electron chi connectivity index (χ1n) is 5.73. The number of aromatic nitrogens is 3. The predicted octanol–water partition coefficient (Wildman–Crippen LogP) is 1.78. The molecule has 1 rings (SSSR count). The van der Waals surface area contributed by atoms with E-state index in [0.29, 0.717) is 6.42 Å². The third-order valence-electron chi connectivity index (χ3n) is 2.23. The lowest BCUT2D eigenvalue weighted by molar-refractivity contribution is -0.117. The molecule has 0 bridgehead atoms.